The summed E-state index contributed by atoms with van der Waals surface area (Å²) < 4.78 is 10.3. The second-order valence-electron chi connectivity index (χ2n) is 5.48. The van der Waals surface area contributed by atoms with Gasteiger partial charge in [0.1, 0.15) is 5.82 Å². The maximum atomic E-state index is 5.17. The summed E-state index contributed by atoms with van der Waals surface area (Å²) in [5, 5.41) is 3.42. The van der Waals surface area contributed by atoms with Gasteiger partial charge in [-0.25, -0.2) is 4.98 Å². The molecule has 0 aliphatic heterocycles. The Morgan fingerprint density at radius 3 is 2.38 bits per heavy atom. The molecule has 1 aromatic rings. The van der Waals surface area contributed by atoms with Crippen LogP contribution in [0.2, 0.25) is 0 Å². The Kier molecular flexibility index (Phi) is 8.98. The van der Waals surface area contributed by atoms with E-state index in [1.807, 2.05) is 6.07 Å². The lowest BCUT2D eigenvalue weighted by Crippen LogP contribution is -2.31. The maximum absolute atomic E-state index is 5.17. The molecule has 1 heterocycles. The van der Waals surface area contributed by atoms with Gasteiger partial charge in [0.05, 0.1) is 18.9 Å². The van der Waals surface area contributed by atoms with Crippen LogP contribution >= 0.6 is 0 Å². The Morgan fingerprint density at radius 2 is 1.81 bits per heavy atom. The second kappa shape index (κ2) is 10.5. The van der Waals surface area contributed by atoms with Crippen LogP contribution in [0.3, 0.4) is 0 Å². The van der Waals surface area contributed by atoms with E-state index >= 15 is 0 Å². The average Bonchev–Trinajstić information content (AvgIpc) is 2.47. The Labute approximate surface area is 128 Å². The van der Waals surface area contributed by atoms with E-state index in [9.17, 15) is 0 Å². The molecule has 0 saturated carbocycles. The van der Waals surface area contributed by atoms with Crippen molar-refractivity contribution in [2.24, 2.45) is 5.92 Å². The maximum Gasteiger partial charge on any atom is 0.129 e. The van der Waals surface area contributed by atoms with E-state index in [0.29, 0.717) is 19.1 Å². The third kappa shape index (κ3) is 7.41. The molecule has 0 fully saturated rings. The van der Waals surface area contributed by atoms with Gasteiger partial charge in [0.25, 0.3) is 0 Å². The van der Waals surface area contributed by atoms with Crippen LogP contribution in [0, 0.1) is 5.92 Å². The monoisotopic (exact) mass is 295 g/mol. The van der Waals surface area contributed by atoms with Gasteiger partial charge in [-0.3, -0.25) is 0 Å². The second-order valence-corrected chi connectivity index (χ2v) is 5.48. The number of ether oxygens (including phenoxy) is 2. The standard InChI is InChI=1S/C16H29N3O2/c1-14(2)12-17-13-15-6-5-7-16(18-15)19(8-10-20-3)9-11-21-4/h5-7,14,17H,8-13H2,1-4H3. The Balaban J connectivity index is 2.64. The van der Waals surface area contributed by atoms with Crippen LogP contribution in [0.4, 0.5) is 5.82 Å². The smallest absolute Gasteiger partial charge is 0.129 e. The normalized spacial score (nSPS) is 11.1. The van der Waals surface area contributed by atoms with Crippen molar-refractivity contribution in [3.63, 3.8) is 0 Å². The molecular weight excluding hydrogens is 266 g/mol. The highest BCUT2D eigenvalue weighted by molar-refractivity contribution is 5.39. The Hall–Kier alpha value is -1.17. The zero-order valence-corrected chi connectivity index (χ0v) is 13.8. The fourth-order valence-corrected chi connectivity index (χ4v) is 1.97. The van der Waals surface area contributed by atoms with Gasteiger partial charge >= 0.3 is 0 Å². The molecule has 0 spiro atoms. The summed E-state index contributed by atoms with van der Waals surface area (Å²) in [5.74, 6) is 1.63. The van der Waals surface area contributed by atoms with Crippen molar-refractivity contribution in [3.05, 3.63) is 23.9 Å². The molecule has 120 valence electrons. The van der Waals surface area contributed by atoms with Gasteiger partial charge in [-0.15, -0.1) is 0 Å². The molecule has 1 aromatic heterocycles. The summed E-state index contributed by atoms with van der Waals surface area (Å²) >= 11 is 0. The molecule has 0 aromatic carbocycles. The number of nitrogens with zero attached hydrogens (tertiary/aromatic N) is 2. The minimum atomic E-state index is 0.646. The van der Waals surface area contributed by atoms with E-state index in [1.54, 1.807) is 14.2 Å². The lowest BCUT2D eigenvalue weighted by molar-refractivity contribution is 0.190. The third-order valence-electron chi connectivity index (χ3n) is 3.11. The van der Waals surface area contributed by atoms with Crippen molar-refractivity contribution in [1.82, 2.24) is 10.3 Å². The largest absolute Gasteiger partial charge is 0.383 e. The van der Waals surface area contributed by atoms with Crippen LogP contribution in [0.25, 0.3) is 0 Å². The number of aromatic nitrogens is 1. The summed E-state index contributed by atoms with van der Waals surface area (Å²) in [6, 6.07) is 6.15. The summed E-state index contributed by atoms with van der Waals surface area (Å²) in [4.78, 5) is 6.92. The van der Waals surface area contributed by atoms with Gasteiger partial charge < -0.3 is 19.7 Å². The van der Waals surface area contributed by atoms with Crippen LogP contribution in [-0.4, -0.2) is 52.1 Å². The predicted octanol–water partition coefficient (Wildman–Crippen LogP) is 1.93. The Bertz CT molecular complexity index is 378. The number of pyridine rings is 1. The van der Waals surface area contributed by atoms with E-state index in [0.717, 1.165) is 37.7 Å². The van der Waals surface area contributed by atoms with Crippen LogP contribution in [-0.2, 0) is 16.0 Å². The number of rotatable bonds is 11. The van der Waals surface area contributed by atoms with Gasteiger partial charge in [-0.05, 0) is 24.6 Å². The molecule has 5 nitrogen and oxygen atoms in total. The van der Waals surface area contributed by atoms with Gasteiger partial charge in [0.15, 0.2) is 0 Å². The topological polar surface area (TPSA) is 46.6 Å². The van der Waals surface area contributed by atoms with Crippen molar-refractivity contribution in [2.75, 3.05) is 52.0 Å². The first-order chi connectivity index (χ1) is 10.2. The Morgan fingerprint density at radius 1 is 1.14 bits per heavy atom. The number of nitrogens with one attached hydrogen (secondary N) is 1. The number of anilines is 1. The molecule has 0 saturated heterocycles. The molecular formula is C16H29N3O2. The van der Waals surface area contributed by atoms with Crippen molar-refractivity contribution in [3.8, 4) is 0 Å². The molecule has 0 unspecified atom stereocenters. The molecule has 1 rings (SSSR count). The summed E-state index contributed by atoms with van der Waals surface area (Å²) in [5.41, 5.74) is 1.06. The molecule has 0 atom stereocenters. The average molecular weight is 295 g/mol. The highest BCUT2D eigenvalue weighted by atomic mass is 16.5. The van der Waals surface area contributed by atoms with E-state index in [-0.39, 0.29) is 0 Å². The van der Waals surface area contributed by atoms with E-state index < -0.39 is 0 Å². The van der Waals surface area contributed by atoms with Gasteiger partial charge in [-0.1, -0.05) is 19.9 Å². The van der Waals surface area contributed by atoms with Crippen molar-refractivity contribution < 1.29 is 9.47 Å². The van der Waals surface area contributed by atoms with Crippen LogP contribution < -0.4 is 10.2 Å². The molecule has 0 bridgehead atoms. The first-order valence-corrected chi connectivity index (χ1v) is 7.56. The fraction of sp³-hybridized carbons (Fsp3) is 0.688. The lowest BCUT2D eigenvalue weighted by atomic mass is 10.2. The van der Waals surface area contributed by atoms with Crippen LogP contribution in [0.5, 0.6) is 0 Å². The zero-order chi connectivity index (χ0) is 15.5. The number of hydrogen-bond donors (Lipinski definition) is 1. The first-order valence-electron chi connectivity index (χ1n) is 7.56. The summed E-state index contributed by atoms with van der Waals surface area (Å²) in [7, 11) is 3.43. The van der Waals surface area contributed by atoms with Gasteiger partial charge in [0.2, 0.25) is 0 Å². The van der Waals surface area contributed by atoms with Crippen molar-refractivity contribution >= 4 is 5.82 Å². The third-order valence-corrected chi connectivity index (χ3v) is 3.11. The molecule has 0 radical (unpaired) electrons. The van der Waals surface area contributed by atoms with Crippen LogP contribution in [0.15, 0.2) is 18.2 Å². The molecule has 1 N–H and O–H groups in total. The minimum Gasteiger partial charge on any atom is -0.383 e. The highest BCUT2D eigenvalue weighted by Crippen LogP contribution is 2.11. The molecule has 5 heteroatoms. The van der Waals surface area contributed by atoms with Crippen LogP contribution in [0.1, 0.15) is 19.5 Å². The van der Waals surface area contributed by atoms with Gasteiger partial charge in [-0.2, -0.15) is 0 Å². The lowest BCUT2D eigenvalue weighted by Gasteiger charge is -2.23. The van der Waals surface area contributed by atoms with Crippen molar-refractivity contribution in [1.29, 1.82) is 0 Å². The van der Waals surface area contributed by atoms with Gasteiger partial charge in [0, 0.05) is 33.9 Å². The highest BCUT2D eigenvalue weighted by Gasteiger charge is 2.08. The summed E-state index contributed by atoms with van der Waals surface area (Å²) in [6.45, 7) is 9.20. The summed E-state index contributed by atoms with van der Waals surface area (Å²) in [6.07, 6.45) is 0. The van der Waals surface area contributed by atoms with E-state index in [2.05, 4.69) is 36.2 Å². The quantitative estimate of drug-likeness (QED) is 0.676. The first kappa shape index (κ1) is 17.9. The van der Waals surface area contributed by atoms with Crippen molar-refractivity contribution in [2.45, 2.75) is 20.4 Å². The number of hydrogen-bond acceptors (Lipinski definition) is 5. The fourth-order valence-electron chi connectivity index (χ4n) is 1.97. The molecule has 21 heavy (non-hydrogen) atoms. The van der Waals surface area contributed by atoms with E-state index in [1.165, 1.54) is 0 Å². The molecule has 0 amide bonds. The molecule has 0 aliphatic rings. The minimum absolute atomic E-state index is 0.646. The predicted molar refractivity (Wildman–Crippen MR) is 86.7 cm³/mol. The van der Waals surface area contributed by atoms with E-state index in [4.69, 9.17) is 14.5 Å². The zero-order valence-electron chi connectivity index (χ0n) is 13.8. The number of methoxy groups -OCH3 is 2. The SMILES string of the molecule is COCCN(CCOC)c1cccc(CNCC(C)C)n1. The molecule has 0 aliphatic carbocycles.